The van der Waals surface area contributed by atoms with E-state index in [0.717, 1.165) is 0 Å². The van der Waals surface area contributed by atoms with Crippen LogP contribution in [-0.4, -0.2) is 31.0 Å². The number of nitrogens with two attached hydrogens (primary N) is 1. The van der Waals surface area contributed by atoms with Crippen molar-refractivity contribution in [2.75, 3.05) is 19.8 Å². The van der Waals surface area contributed by atoms with Crippen LogP contribution in [-0.2, 0) is 9.47 Å². The van der Waals surface area contributed by atoms with E-state index in [1.165, 1.54) is 0 Å². The molecule has 1 fully saturated rings. The molecule has 1 heterocycles. The van der Waals surface area contributed by atoms with E-state index in [1.54, 1.807) is 0 Å². The Morgan fingerprint density at radius 3 is 2.09 bits per heavy atom. The Labute approximate surface area is 67.9 Å². The van der Waals surface area contributed by atoms with Crippen LogP contribution in [0.4, 0.5) is 0 Å². The molecule has 0 aromatic heterocycles. The highest BCUT2D eigenvalue weighted by Crippen LogP contribution is 2.26. The molecule has 3 heteroatoms. The Balaban J connectivity index is 2.45. The van der Waals surface area contributed by atoms with Gasteiger partial charge < -0.3 is 15.2 Å². The minimum Gasteiger partial charge on any atom is -0.375 e. The maximum Gasteiger partial charge on any atom is 0.127 e. The fourth-order valence-electron chi connectivity index (χ4n) is 1.20. The van der Waals surface area contributed by atoms with Crippen LogP contribution in [0.3, 0.4) is 0 Å². The SMILES string of the molecule is CC(C)(C)OC1(CN)COC1. The molecule has 1 aliphatic heterocycles. The lowest BCUT2D eigenvalue weighted by Gasteiger charge is -2.44. The van der Waals surface area contributed by atoms with E-state index in [2.05, 4.69) is 0 Å². The first-order valence-electron chi connectivity index (χ1n) is 3.95. The second-order valence-electron chi connectivity index (χ2n) is 4.09. The van der Waals surface area contributed by atoms with Crippen LogP contribution in [0, 0.1) is 0 Å². The molecule has 3 nitrogen and oxygen atoms in total. The van der Waals surface area contributed by atoms with Crippen molar-refractivity contribution >= 4 is 0 Å². The summed E-state index contributed by atoms with van der Waals surface area (Å²) in [4.78, 5) is 0. The zero-order chi connectivity index (χ0) is 8.54. The smallest absolute Gasteiger partial charge is 0.127 e. The molecule has 66 valence electrons. The summed E-state index contributed by atoms with van der Waals surface area (Å²) >= 11 is 0. The van der Waals surface area contributed by atoms with Gasteiger partial charge in [-0.15, -0.1) is 0 Å². The second kappa shape index (κ2) is 2.73. The van der Waals surface area contributed by atoms with E-state index in [4.69, 9.17) is 15.2 Å². The first kappa shape index (κ1) is 8.97. The summed E-state index contributed by atoms with van der Waals surface area (Å²) in [5.41, 5.74) is 5.25. The summed E-state index contributed by atoms with van der Waals surface area (Å²) in [5, 5.41) is 0. The number of ether oxygens (including phenoxy) is 2. The predicted molar refractivity (Wildman–Crippen MR) is 43.4 cm³/mol. The fourth-order valence-corrected chi connectivity index (χ4v) is 1.20. The molecule has 2 N–H and O–H groups in total. The van der Waals surface area contributed by atoms with Crippen LogP contribution < -0.4 is 5.73 Å². The van der Waals surface area contributed by atoms with Crippen LogP contribution in [0.25, 0.3) is 0 Å². The van der Waals surface area contributed by atoms with Gasteiger partial charge >= 0.3 is 0 Å². The maximum absolute atomic E-state index is 5.76. The van der Waals surface area contributed by atoms with Crippen LogP contribution >= 0.6 is 0 Å². The van der Waals surface area contributed by atoms with Gasteiger partial charge in [-0.05, 0) is 20.8 Å². The Morgan fingerprint density at radius 1 is 1.45 bits per heavy atom. The molecule has 0 bridgehead atoms. The second-order valence-corrected chi connectivity index (χ2v) is 4.09. The molecule has 1 rings (SSSR count). The lowest BCUT2D eigenvalue weighted by Crippen LogP contribution is -2.59. The molecule has 1 aliphatic rings. The van der Waals surface area contributed by atoms with Gasteiger partial charge in [-0.25, -0.2) is 0 Å². The van der Waals surface area contributed by atoms with Gasteiger partial charge in [0, 0.05) is 6.54 Å². The summed E-state index contributed by atoms with van der Waals surface area (Å²) < 4.78 is 10.8. The van der Waals surface area contributed by atoms with E-state index in [-0.39, 0.29) is 11.2 Å². The van der Waals surface area contributed by atoms with Gasteiger partial charge in [-0.1, -0.05) is 0 Å². The first-order valence-corrected chi connectivity index (χ1v) is 3.95. The molecule has 0 amide bonds. The molecular formula is C8H17NO2. The summed E-state index contributed by atoms with van der Waals surface area (Å²) in [6.45, 7) is 7.92. The molecule has 0 radical (unpaired) electrons. The summed E-state index contributed by atoms with van der Waals surface area (Å²) in [6.07, 6.45) is 0. The number of hydrogen-bond acceptors (Lipinski definition) is 3. The lowest BCUT2D eigenvalue weighted by molar-refractivity contribution is -0.243. The molecular weight excluding hydrogens is 142 g/mol. The van der Waals surface area contributed by atoms with Gasteiger partial charge in [0.2, 0.25) is 0 Å². The van der Waals surface area contributed by atoms with Crippen LogP contribution in [0.5, 0.6) is 0 Å². The molecule has 0 atom stereocenters. The monoisotopic (exact) mass is 159 g/mol. The van der Waals surface area contributed by atoms with E-state index in [1.807, 2.05) is 20.8 Å². The molecule has 11 heavy (non-hydrogen) atoms. The average Bonchev–Trinajstić information content (AvgIpc) is 1.77. The van der Waals surface area contributed by atoms with Crippen LogP contribution in [0.15, 0.2) is 0 Å². The standard InChI is InChI=1S/C8H17NO2/c1-7(2,3)11-8(4-9)5-10-6-8/h4-6,9H2,1-3H3. The van der Waals surface area contributed by atoms with Crippen LogP contribution in [0.1, 0.15) is 20.8 Å². The minimum absolute atomic E-state index is 0.122. The topological polar surface area (TPSA) is 44.5 Å². The zero-order valence-corrected chi connectivity index (χ0v) is 7.52. The summed E-state index contributed by atoms with van der Waals surface area (Å²) in [6, 6.07) is 0. The molecule has 0 unspecified atom stereocenters. The molecule has 0 spiro atoms. The largest absolute Gasteiger partial charge is 0.375 e. The Hall–Kier alpha value is -0.120. The average molecular weight is 159 g/mol. The maximum atomic E-state index is 5.76. The highest BCUT2D eigenvalue weighted by atomic mass is 16.6. The normalized spacial score (nSPS) is 22.9. The number of hydrogen-bond donors (Lipinski definition) is 1. The van der Waals surface area contributed by atoms with Crippen molar-refractivity contribution in [2.45, 2.75) is 32.0 Å². The van der Waals surface area contributed by atoms with Gasteiger partial charge in [0.15, 0.2) is 0 Å². The highest BCUT2D eigenvalue weighted by molar-refractivity contribution is 4.90. The Kier molecular flexibility index (Phi) is 2.23. The van der Waals surface area contributed by atoms with Crippen molar-refractivity contribution in [1.29, 1.82) is 0 Å². The van der Waals surface area contributed by atoms with E-state index in [0.29, 0.717) is 19.8 Å². The van der Waals surface area contributed by atoms with Crippen molar-refractivity contribution in [3.63, 3.8) is 0 Å². The summed E-state index contributed by atoms with van der Waals surface area (Å²) in [5.74, 6) is 0. The first-order chi connectivity index (χ1) is 4.97. The van der Waals surface area contributed by atoms with Gasteiger partial charge in [0.05, 0.1) is 18.8 Å². The van der Waals surface area contributed by atoms with E-state index in [9.17, 15) is 0 Å². The zero-order valence-electron chi connectivity index (χ0n) is 7.52. The van der Waals surface area contributed by atoms with E-state index >= 15 is 0 Å². The van der Waals surface area contributed by atoms with Gasteiger partial charge in [-0.3, -0.25) is 0 Å². The fraction of sp³-hybridized carbons (Fsp3) is 1.00. The molecule has 1 saturated heterocycles. The minimum atomic E-state index is -0.196. The van der Waals surface area contributed by atoms with Crippen molar-refractivity contribution in [3.05, 3.63) is 0 Å². The van der Waals surface area contributed by atoms with Crippen molar-refractivity contribution < 1.29 is 9.47 Å². The highest BCUT2D eigenvalue weighted by Gasteiger charge is 2.41. The van der Waals surface area contributed by atoms with Gasteiger partial charge in [-0.2, -0.15) is 0 Å². The summed E-state index contributed by atoms with van der Waals surface area (Å²) in [7, 11) is 0. The molecule has 0 aliphatic carbocycles. The third-order valence-corrected chi connectivity index (χ3v) is 1.62. The predicted octanol–water partition coefficient (Wildman–Crippen LogP) is 0.529. The Bertz CT molecular complexity index is 130. The van der Waals surface area contributed by atoms with Crippen LogP contribution in [0.2, 0.25) is 0 Å². The van der Waals surface area contributed by atoms with Crippen molar-refractivity contribution in [2.24, 2.45) is 5.73 Å². The Morgan fingerprint density at radius 2 is 2.00 bits per heavy atom. The third-order valence-electron chi connectivity index (χ3n) is 1.62. The molecule has 0 aromatic rings. The van der Waals surface area contributed by atoms with Crippen molar-refractivity contribution in [3.8, 4) is 0 Å². The molecule has 0 saturated carbocycles. The lowest BCUT2D eigenvalue weighted by atomic mass is 10.0. The molecule has 0 aromatic carbocycles. The van der Waals surface area contributed by atoms with Crippen molar-refractivity contribution in [1.82, 2.24) is 0 Å². The quantitative estimate of drug-likeness (QED) is 0.639. The van der Waals surface area contributed by atoms with E-state index < -0.39 is 0 Å². The van der Waals surface area contributed by atoms with Gasteiger partial charge in [0.25, 0.3) is 0 Å². The third kappa shape index (κ3) is 2.15. The van der Waals surface area contributed by atoms with Gasteiger partial charge in [0.1, 0.15) is 5.60 Å². The number of rotatable bonds is 2.